The van der Waals surface area contributed by atoms with Gasteiger partial charge in [-0.1, -0.05) is 0 Å². The second kappa shape index (κ2) is 8.04. The highest BCUT2D eigenvalue weighted by Crippen LogP contribution is 2.40. The molecule has 1 unspecified atom stereocenters. The highest BCUT2D eigenvalue weighted by molar-refractivity contribution is 7.89. The number of amides is 1. The predicted molar refractivity (Wildman–Crippen MR) is 98.9 cm³/mol. The number of nitrogens with zero attached hydrogens (tertiary/aromatic N) is 2. The Balaban J connectivity index is 2.09. The van der Waals surface area contributed by atoms with Gasteiger partial charge in [0.15, 0.2) is 5.76 Å². The fourth-order valence-electron chi connectivity index (χ4n) is 2.63. The van der Waals surface area contributed by atoms with Gasteiger partial charge in [0.05, 0.1) is 0 Å². The maximum Gasteiger partial charge on any atom is 0.424 e. The fraction of sp³-hybridized carbons (Fsp3) is 0.529. The number of halogens is 3. The number of alkyl halides is 3. The quantitative estimate of drug-likeness (QED) is 0.587. The monoisotopic (exact) mass is 452 g/mol. The Morgan fingerprint density at radius 2 is 1.90 bits per heavy atom. The van der Waals surface area contributed by atoms with Crippen molar-refractivity contribution >= 4 is 15.9 Å². The number of nitrogens with one attached hydrogen (secondary N) is 2. The fourth-order valence-corrected chi connectivity index (χ4v) is 3.98. The molecule has 0 radical (unpaired) electrons. The number of sulfonamides is 1. The summed E-state index contributed by atoms with van der Waals surface area (Å²) < 4.78 is 73.2. The molecule has 0 saturated heterocycles. The number of aromatic nitrogens is 2. The van der Waals surface area contributed by atoms with Gasteiger partial charge in [-0.3, -0.25) is 4.79 Å². The average Bonchev–Trinajstić information content (AvgIpc) is 3.20. The molecular weight excluding hydrogens is 429 g/mol. The van der Waals surface area contributed by atoms with Crippen molar-refractivity contribution in [3.63, 3.8) is 0 Å². The molecule has 3 N–H and O–H groups in total. The molecule has 1 atom stereocenters. The van der Waals surface area contributed by atoms with Crippen molar-refractivity contribution in [2.24, 2.45) is 7.05 Å². The summed E-state index contributed by atoms with van der Waals surface area (Å²) in [6.07, 6.45) is -3.59. The maximum absolute atomic E-state index is 13.5. The van der Waals surface area contributed by atoms with Crippen molar-refractivity contribution in [2.75, 3.05) is 6.54 Å². The Bertz CT molecular complexity index is 1010. The second-order valence-corrected chi connectivity index (χ2v) is 9.31. The molecule has 0 aromatic carbocycles. The van der Waals surface area contributed by atoms with Gasteiger partial charge in [-0.25, -0.2) is 18.1 Å². The lowest BCUT2D eigenvalue weighted by Crippen LogP contribution is -2.46. The van der Waals surface area contributed by atoms with Crippen LogP contribution in [0.1, 0.15) is 43.6 Å². The Morgan fingerprint density at radius 3 is 2.40 bits per heavy atom. The predicted octanol–water partition coefficient (Wildman–Crippen LogP) is 1.66. The van der Waals surface area contributed by atoms with Gasteiger partial charge in [-0.05, 0) is 32.9 Å². The molecule has 9 nitrogen and oxygen atoms in total. The zero-order valence-corrected chi connectivity index (χ0v) is 17.6. The van der Waals surface area contributed by atoms with E-state index < -0.39 is 62.9 Å². The van der Waals surface area contributed by atoms with Crippen LogP contribution in [0.4, 0.5) is 13.2 Å². The van der Waals surface area contributed by atoms with E-state index in [2.05, 4.69) is 15.0 Å². The molecule has 0 aliphatic carbocycles. The third-order valence-electron chi connectivity index (χ3n) is 3.94. The molecule has 2 aromatic heterocycles. The van der Waals surface area contributed by atoms with E-state index in [4.69, 9.17) is 4.42 Å². The van der Waals surface area contributed by atoms with E-state index in [1.165, 1.54) is 13.2 Å². The molecule has 0 spiro atoms. The number of carbonyl (C=O) groups is 1. The van der Waals surface area contributed by atoms with Crippen molar-refractivity contribution in [3.8, 4) is 0 Å². The molecule has 0 aliphatic heterocycles. The van der Waals surface area contributed by atoms with E-state index in [0.29, 0.717) is 0 Å². The molecule has 0 fully saturated rings. The summed E-state index contributed by atoms with van der Waals surface area (Å²) in [6, 6.07) is 2.14. The number of hydrogen-bond acceptors (Lipinski definition) is 6. The minimum atomic E-state index is -5.04. The van der Waals surface area contributed by atoms with Crippen LogP contribution in [0, 0.1) is 0 Å². The lowest BCUT2D eigenvalue weighted by Gasteiger charge is -2.29. The lowest BCUT2D eigenvalue weighted by atomic mass is 9.97. The zero-order valence-electron chi connectivity index (χ0n) is 16.7. The third kappa shape index (κ3) is 5.21. The van der Waals surface area contributed by atoms with E-state index in [1.54, 1.807) is 20.8 Å². The number of hydrogen-bond donors (Lipinski definition) is 3. The van der Waals surface area contributed by atoms with Gasteiger partial charge in [-0.2, -0.15) is 13.2 Å². The van der Waals surface area contributed by atoms with Crippen LogP contribution in [-0.2, 0) is 22.7 Å². The van der Waals surface area contributed by atoms with Gasteiger partial charge in [0.1, 0.15) is 5.82 Å². The van der Waals surface area contributed by atoms with Crippen molar-refractivity contribution in [1.82, 2.24) is 19.6 Å². The van der Waals surface area contributed by atoms with Crippen LogP contribution in [0.3, 0.4) is 0 Å². The van der Waals surface area contributed by atoms with E-state index >= 15 is 0 Å². The van der Waals surface area contributed by atoms with Gasteiger partial charge >= 0.3 is 6.18 Å². The largest absolute Gasteiger partial charge is 0.438 e. The summed E-state index contributed by atoms with van der Waals surface area (Å²) in [4.78, 5) is 15.7. The Kier molecular flexibility index (Phi) is 6.40. The average molecular weight is 452 g/mol. The molecule has 30 heavy (non-hydrogen) atoms. The Hall–Kier alpha value is -2.38. The van der Waals surface area contributed by atoms with Crippen molar-refractivity contribution in [3.05, 3.63) is 36.1 Å². The third-order valence-corrected chi connectivity index (χ3v) is 5.57. The molecule has 13 heteroatoms. The van der Waals surface area contributed by atoms with E-state index in [9.17, 15) is 31.5 Å². The summed E-state index contributed by atoms with van der Waals surface area (Å²) in [5.74, 6) is -1.96. The van der Waals surface area contributed by atoms with Crippen LogP contribution in [0.2, 0.25) is 0 Å². The van der Waals surface area contributed by atoms with Crippen LogP contribution in [0.15, 0.2) is 34.0 Å². The summed E-state index contributed by atoms with van der Waals surface area (Å²) >= 11 is 0. The van der Waals surface area contributed by atoms with Crippen LogP contribution >= 0.6 is 0 Å². The topological polar surface area (TPSA) is 126 Å². The van der Waals surface area contributed by atoms with Crippen LogP contribution in [0.5, 0.6) is 0 Å². The molecule has 0 bridgehead atoms. The SMILES string of the molecule is Cn1ccnc1C(O)(CCNC(=O)c1ccc(S(=O)(=O)NC(C)(C)C)o1)C(F)(F)F. The summed E-state index contributed by atoms with van der Waals surface area (Å²) in [6.45, 7) is 4.27. The number of imidazole rings is 1. The second-order valence-electron chi connectivity index (χ2n) is 7.70. The van der Waals surface area contributed by atoms with E-state index in [-0.39, 0.29) is 0 Å². The van der Waals surface area contributed by atoms with E-state index in [1.807, 2.05) is 0 Å². The van der Waals surface area contributed by atoms with Gasteiger partial charge < -0.3 is 19.4 Å². The molecular formula is C17H23F3N4O5S. The number of carbonyl (C=O) groups excluding carboxylic acids is 1. The first-order chi connectivity index (χ1) is 13.6. The summed E-state index contributed by atoms with van der Waals surface area (Å²) in [5, 5.41) is 11.9. The maximum atomic E-state index is 13.5. The Morgan fingerprint density at radius 1 is 1.27 bits per heavy atom. The first-order valence-corrected chi connectivity index (χ1v) is 10.2. The summed E-state index contributed by atoms with van der Waals surface area (Å²) in [5.41, 5.74) is -4.08. The number of aryl methyl sites for hydroxylation is 1. The Labute approximate surface area is 171 Å². The standard InChI is InChI=1S/C17H23F3N4O5S/c1-15(2,3)23-30(27,28)12-6-5-11(29-12)13(25)21-8-7-16(26,17(18,19)20)14-22-9-10-24(14)4/h5-6,9-10,23,26H,7-8H2,1-4H3,(H,21,25). The normalized spacial score (nSPS) is 15.1. The van der Waals surface area contributed by atoms with Crippen LogP contribution in [-0.4, -0.2) is 47.2 Å². The molecule has 2 aromatic rings. The molecule has 0 aliphatic rings. The molecule has 2 rings (SSSR count). The molecule has 1 amide bonds. The minimum Gasteiger partial charge on any atom is -0.438 e. The zero-order chi connectivity index (χ0) is 23.0. The number of rotatable bonds is 7. The first kappa shape index (κ1) is 23.9. The van der Waals surface area contributed by atoms with Crippen molar-refractivity contribution < 1.29 is 35.9 Å². The molecule has 168 valence electrons. The number of aliphatic hydroxyl groups is 1. The lowest BCUT2D eigenvalue weighted by molar-refractivity contribution is -0.272. The van der Waals surface area contributed by atoms with Crippen LogP contribution in [0.25, 0.3) is 0 Å². The summed E-state index contributed by atoms with van der Waals surface area (Å²) in [7, 11) is -2.72. The highest BCUT2D eigenvalue weighted by atomic mass is 32.2. The number of furan rings is 1. The van der Waals surface area contributed by atoms with Gasteiger partial charge in [0, 0.05) is 37.9 Å². The minimum absolute atomic E-state index is 0.406. The van der Waals surface area contributed by atoms with Gasteiger partial charge in [0.25, 0.3) is 15.9 Å². The van der Waals surface area contributed by atoms with Gasteiger partial charge in [0.2, 0.25) is 10.7 Å². The van der Waals surface area contributed by atoms with Crippen molar-refractivity contribution in [2.45, 2.75) is 49.6 Å². The van der Waals surface area contributed by atoms with Crippen molar-refractivity contribution in [1.29, 1.82) is 0 Å². The first-order valence-electron chi connectivity index (χ1n) is 8.76. The van der Waals surface area contributed by atoms with Crippen LogP contribution < -0.4 is 10.0 Å². The van der Waals surface area contributed by atoms with E-state index in [0.717, 1.165) is 22.9 Å². The smallest absolute Gasteiger partial charge is 0.424 e. The van der Waals surface area contributed by atoms with Gasteiger partial charge in [-0.15, -0.1) is 0 Å². The molecule has 2 heterocycles. The molecule has 0 saturated carbocycles. The highest BCUT2D eigenvalue weighted by Gasteiger charge is 2.57.